The topological polar surface area (TPSA) is 69.0 Å². The lowest BCUT2D eigenvalue weighted by molar-refractivity contribution is 0.0984. The van der Waals surface area contributed by atoms with Crippen LogP contribution in [-0.2, 0) is 6.42 Å². The third kappa shape index (κ3) is 3.01. The number of pyridine rings is 1. The molecule has 0 spiro atoms. The van der Waals surface area contributed by atoms with Crippen LogP contribution in [0.5, 0.6) is 0 Å². The standard InChI is InChI=1S/C21H16N4O/c22-14-15-5-7-17(8-6-15)24-18-9-11-23-19(13-18)21(26)25-12-10-16-3-1-2-4-20(16)25/h1-9,11,13H,10,12H2,(H,23,24). The average molecular weight is 340 g/mol. The van der Waals surface area contributed by atoms with Gasteiger partial charge in [0.25, 0.3) is 5.91 Å². The van der Waals surface area contributed by atoms with Crippen LogP contribution in [0.3, 0.4) is 0 Å². The Hall–Kier alpha value is -3.65. The summed E-state index contributed by atoms with van der Waals surface area (Å²) in [6.45, 7) is 0.674. The van der Waals surface area contributed by atoms with E-state index in [1.54, 1.807) is 29.3 Å². The van der Waals surface area contributed by atoms with E-state index in [9.17, 15) is 4.79 Å². The van der Waals surface area contributed by atoms with Crippen LogP contribution in [0, 0.1) is 11.3 Å². The van der Waals surface area contributed by atoms with Crippen molar-refractivity contribution in [3.8, 4) is 6.07 Å². The molecule has 1 amide bonds. The number of nitrogens with one attached hydrogen (secondary N) is 1. The maximum absolute atomic E-state index is 12.9. The lowest BCUT2D eigenvalue weighted by atomic mass is 10.2. The summed E-state index contributed by atoms with van der Waals surface area (Å²) in [6, 6.07) is 20.8. The van der Waals surface area contributed by atoms with Crippen molar-refractivity contribution in [1.82, 2.24) is 4.98 Å². The van der Waals surface area contributed by atoms with E-state index in [2.05, 4.69) is 22.4 Å². The number of aromatic nitrogens is 1. The summed E-state index contributed by atoms with van der Waals surface area (Å²) in [5.74, 6) is -0.0987. The summed E-state index contributed by atoms with van der Waals surface area (Å²) in [6.07, 6.45) is 2.49. The largest absolute Gasteiger partial charge is 0.355 e. The second-order valence-electron chi connectivity index (χ2n) is 6.08. The van der Waals surface area contributed by atoms with E-state index >= 15 is 0 Å². The second-order valence-corrected chi connectivity index (χ2v) is 6.08. The zero-order valence-electron chi connectivity index (χ0n) is 14.0. The first-order valence-corrected chi connectivity index (χ1v) is 8.37. The number of rotatable bonds is 3. The molecule has 0 aliphatic carbocycles. The van der Waals surface area contributed by atoms with E-state index in [1.165, 1.54) is 5.56 Å². The monoisotopic (exact) mass is 340 g/mol. The van der Waals surface area contributed by atoms with Crippen LogP contribution in [0.25, 0.3) is 0 Å². The van der Waals surface area contributed by atoms with Gasteiger partial charge in [0.1, 0.15) is 5.69 Å². The third-order valence-electron chi connectivity index (χ3n) is 4.41. The number of para-hydroxylation sites is 1. The number of anilines is 3. The highest BCUT2D eigenvalue weighted by Gasteiger charge is 2.25. The summed E-state index contributed by atoms with van der Waals surface area (Å²) in [5.41, 5.74) is 4.78. The molecule has 26 heavy (non-hydrogen) atoms. The van der Waals surface area contributed by atoms with Gasteiger partial charge in [0.2, 0.25) is 0 Å². The molecule has 5 heteroatoms. The van der Waals surface area contributed by atoms with Gasteiger partial charge in [-0.1, -0.05) is 18.2 Å². The molecule has 2 aromatic carbocycles. The van der Waals surface area contributed by atoms with E-state index in [0.29, 0.717) is 17.8 Å². The van der Waals surface area contributed by atoms with Gasteiger partial charge in [-0.05, 0) is 54.4 Å². The molecule has 126 valence electrons. The highest BCUT2D eigenvalue weighted by molar-refractivity contribution is 6.06. The van der Waals surface area contributed by atoms with Gasteiger partial charge in [-0.3, -0.25) is 9.78 Å². The fourth-order valence-corrected chi connectivity index (χ4v) is 3.11. The Bertz CT molecular complexity index is 1010. The number of benzene rings is 2. The highest BCUT2D eigenvalue weighted by atomic mass is 16.2. The summed E-state index contributed by atoms with van der Waals surface area (Å²) in [5, 5.41) is 12.1. The van der Waals surface area contributed by atoms with Crippen molar-refractivity contribution in [2.24, 2.45) is 0 Å². The van der Waals surface area contributed by atoms with Gasteiger partial charge in [-0.25, -0.2) is 0 Å². The molecule has 3 aromatic rings. The predicted octanol–water partition coefficient (Wildman–Crippen LogP) is 3.90. The number of hydrogen-bond donors (Lipinski definition) is 1. The van der Waals surface area contributed by atoms with E-state index in [1.807, 2.05) is 36.4 Å². The predicted molar refractivity (Wildman–Crippen MR) is 100 cm³/mol. The Labute approximate surface area is 151 Å². The molecule has 0 unspecified atom stereocenters. The average Bonchev–Trinajstić information content (AvgIpc) is 3.12. The van der Waals surface area contributed by atoms with Gasteiger partial charge in [0, 0.05) is 29.8 Å². The first-order chi connectivity index (χ1) is 12.7. The zero-order chi connectivity index (χ0) is 17.9. The fraction of sp³-hybridized carbons (Fsp3) is 0.0952. The number of carbonyl (C=O) groups is 1. The number of hydrogen-bond acceptors (Lipinski definition) is 4. The van der Waals surface area contributed by atoms with Crippen molar-refractivity contribution in [3.63, 3.8) is 0 Å². The lowest BCUT2D eigenvalue weighted by Gasteiger charge is -2.17. The zero-order valence-corrected chi connectivity index (χ0v) is 14.0. The Morgan fingerprint density at radius 1 is 1.08 bits per heavy atom. The van der Waals surface area contributed by atoms with Crippen molar-refractivity contribution in [3.05, 3.63) is 83.7 Å². The van der Waals surface area contributed by atoms with Crippen LogP contribution < -0.4 is 10.2 Å². The molecule has 0 saturated heterocycles. The number of fused-ring (bicyclic) bond motifs is 1. The number of amides is 1. The molecule has 1 aromatic heterocycles. The molecule has 0 radical (unpaired) electrons. The van der Waals surface area contributed by atoms with Crippen LogP contribution in [0.15, 0.2) is 66.9 Å². The fourth-order valence-electron chi connectivity index (χ4n) is 3.11. The van der Waals surface area contributed by atoms with E-state index < -0.39 is 0 Å². The molecule has 5 nitrogen and oxygen atoms in total. The van der Waals surface area contributed by atoms with E-state index in [0.717, 1.165) is 23.5 Å². The van der Waals surface area contributed by atoms with Gasteiger partial charge in [-0.15, -0.1) is 0 Å². The Morgan fingerprint density at radius 3 is 2.69 bits per heavy atom. The van der Waals surface area contributed by atoms with Gasteiger partial charge < -0.3 is 10.2 Å². The van der Waals surface area contributed by atoms with Crippen molar-refractivity contribution < 1.29 is 4.79 Å². The first kappa shape index (κ1) is 15.9. The van der Waals surface area contributed by atoms with Crippen LogP contribution in [0.1, 0.15) is 21.6 Å². The van der Waals surface area contributed by atoms with Crippen molar-refractivity contribution in [1.29, 1.82) is 5.26 Å². The summed E-state index contributed by atoms with van der Waals surface area (Å²) >= 11 is 0. The lowest BCUT2D eigenvalue weighted by Crippen LogP contribution is -2.29. The molecular weight excluding hydrogens is 324 g/mol. The van der Waals surface area contributed by atoms with Crippen LogP contribution >= 0.6 is 0 Å². The van der Waals surface area contributed by atoms with Crippen molar-refractivity contribution in [2.45, 2.75) is 6.42 Å². The second kappa shape index (κ2) is 6.69. The maximum atomic E-state index is 12.9. The molecule has 2 heterocycles. The molecule has 0 fully saturated rings. The Morgan fingerprint density at radius 2 is 1.88 bits per heavy atom. The molecule has 1 aliphatic heterocycles. The molecule has 1 aliphatic rings. The molecule has 1 N–H and O–H groups in total. The van der Waals surface area contributed by atoms with Crippen LogP contribution in [0.4, 0.5) is 17.1 Å². The number of nitrogens with zero attached hydrogens (tertiary/aromatic N) is 3. The molecule has 0 bridgehead atoms. The quantitative estimate of drug-likeness (QED) is 0.785. The Balaban J connectivity index is 1.56. The van der Waals surface area contributed by atoms with Crippen molar-refractivity contribution >= 4 is 23.0 Å². The summed E-state index contributed by atoms with van der Waals surface area (Å²) in [7, 11) is 0. The minimum Gasteiger partial charge on any atom is -0.355 e. The SMILES string of the molecule is N#Cc1ccc(Nc2ccnc(C(=O)N3CCc4ccccc43)c2)cc1. The van der Waals surface area contributed by atoms with Gasteiger partial charge in [0.15, 0.2) is 0 Å². The number of nitriles is 1. The molecular formula is C21H16N4O. The summed E-state index contributed by atoms with van der Waals surface area (Å²) in [4.78, 5) is 18.9. The van der Waals surface area contributed by atoms with Crippen LogP contribution in [-0.4, -0.2) is 17.4 Å². The minimum absolute atomic E-state index is 0.0987. The maximum Gasteiger partial charge on any atom is 0.276 e. The molecule has 0 atom stereocenters. The van der Waals surface area contributed by atoms with Crippen LogP contribution in [0.2, 0.25) is 0 Å². The normalized spacial score (nSPS) is 12.3. The third-order valence-corrected chi connectivity index (χ3v) is 4.41. The smallest absolute Gasteiger partial charge is 0.276 e. The number of carbonyl (C=O) groups excluding carboxylic acids is 1. The minimum atomic E-state index is -0.0987. The summed E-state index contributed by atoms with van der Waals surface area (Å²) < 4.78 is 0. The first-order valence-electron chi connectivity index (χ1n) is 8.37. The van der Waals surface area contributed by atoms with Gasteiger partial charge >= 0.3 is 0 Å². The highest BCUT2D eigenvalue weighted by Crippen LogP contribution is 2.29. The van der Waals surface area contributed by atoms with Gasteiger partial charge in [0.05, 0.1) is 11.6 Å². The van der Waals surface area contributed by atoms with Crippen molar-refractivity contribution in [2.75, 3.05) is 16.8 Å². The Kier molecular flexibility index (Phi) is 4.08. The van der Waals surface area contributed by atoms with Gasteiger partial charge in [-0.2, -0.15) is 5.26 Å². The van der Waals surface area contributed by atoms with E-state index in [-0.39, 0.29) is 5.91 Å². The molecule has 0 saturated carbocycles. The molecule has 4 rings (SSSR count). The van der Waals surface area contributed by atoms with E-state index in [4.69, 9.17) is 5.26 Å².